The number of carboxylic acids is 1. The van der Waals surface area contributed by atoms with Gasteiger partial charge in [-0.3, -0.25) is 9.59 Å². The molecule has 1 aromatic rings. The fourth-order valence-corrected chi connectivity index (χ4v) is 3.24. The minimum Gasteiger partial charge on any atom is -0.479 e. The van der Waals surface area contributed by atoms with Crippen LogP contribution >= 0.6 is 11.6 Å². The summed E-state index contributed by atoms with van der Waals surface area (Å²) in [6.45, 7) is 1.69. The number of ether oxygens (including phenoxy) is 1. The van der Waals surface area contributed by atoms with E-state index >= 15 is 0 Å². The molecule has 2 aliphatic heterocycles. The van der Waals surface area contributed by atoms with Crippen LogP contribution in [0.2, 0.25) is 5.02 Å². The molecule has 0 spiro atoms. The van der Waals surface area contributed by atoms with E-state index in [1.807, 2.05) is 0 Å². The predicted molar refractivity (Wildman–Crippen MR) is 89.5 cm³/mol. The lowest BCUT2D eigenvalue weighted by molar-refractivity contribution is -0.155. The van der Waals surface area contributed by atoms with E-state index in [2.05, 4.69) is 0 Å². The van der Waals surface area contributed by atoms with Gasteiger partial charge in [0.1, 0.15) is 6.10 Å². The Balaban J connectivity index is 1.53. The highest BCUT2D eigenvalue weighted by Crippen LogP contribution is 2.22. The number of benzene rings is 1. The first-order valence-corrected chi connectivity index (χ1v) is 8.55. The number of carbonyl (C=O) groups excluding carboxylic acids is 2. The topological polar surface area (TPSA) is 87.2 Å². The zero-order chi connectivity index (χ0) is 18.0. The molecule has 2 heterocycles. The highest BCUT2D eigenvalue weighted by molar-refractivity contribution is 6.30. The minimum atomic E-state index is -1.03. The lowest BCUT2D eigenvalue weighted by Gasteiger charge is -2.35. The zero-order valence-corrected chi connectivity index (χ0v) is 14.3. The van der Waals surface area contributed by atoms with Crippen LogP contribution in [-0.4, -0.2) is 71.1 Å². The quantitative estimate of drug-likeness (QED) is 0.870. The Morgan fingerprint density at radius 3 is 2.08 bits per heavy atom. The maximum Gasteiger partial charge on any atom is 0.332 e. The third-order valence-corrected chi connectivity index (χ3v) is 4.79. The number of nitrogens with zero attached hydrogens (tertiary/aromatic N) is 2. The van der Waals surface area contributed by atoms with Crippen molar-refractivity contribution in [2.24, 2.45) is 0 Å². The fraction of sp³-hybridized carbons (Fsp3) is 0.471. The van der Waals surface area contributed by atoms with Crippen molar-refractivity contribution in [3.8, 4) is 0 Å². The Morgan fingerprint density at radius 1 is 0.960 bits per heavy atom. The van der Waals surface area contributed by atoms with E-state index in [9.17, 15) is 14.4 Å². The monoisotopic (exact) mass is 366 g/mol. The lowest BCUT2D eigenvalue weighted by atomic mass is 10.1. The van der Waals surface area contributed by atoms with Crippen molar-refractivity contribution < 1.29 is 24.2 Å². The number of aliphatic carboxylic acids is 1. The molecular weight excluding hydrogens is 348 g/mol. The van der Waals surface area contributed by atoms with E-state index < -0.39 is 18.2 Å². The second kappa shape index (κ2) is 7.41. The smallest absolute Gasteiger partial charge is 0.332 e. The van der Waals surface area contributed by atoms with Gasteiger partial charge < -0.3 is 19.6 Å². The molecule has 134 valence electrons. The fourth-order valence-electron chi connectivity index (χ4n) is 3.11. The summed E-state index contributed by atoms with van der Waals surface area (Å²) in [6.07, 6.45) is -0.832. The molecule has 0 aliphatic carbocycles. The first kappa shape index (κ1) is 17.7. The zero-order valence-electron chi connectivity index (χ0n) is 13.6. The maximum absolute atomic E-state index is 12.5. The molecule has 0 radical (unpaired) electrons. The molecule has 8 heteroatoms. The average Bonchev–Trinajstić information content (AvgIpc) is 3.12. The van der Waals surface area contributed by atoms with E-state index in [1.165, 1.54) is 0 Å². The molecular formula is C17H19ClN2O5. The van der Waals surface area contributed by atoms with Gasteiger partial charge >= 0.3 is 5.97 Å². The molecule has 7 nitrogen and oxygen atoms in total. The number of hydrogen-bond donors (Lipinski definition) is 1. The second-order valence-corrected chi connectivity index (χ2v) is 6.59. The van der Waals surface area contributed by atoms with Crippen LogP contribution in [0.1, 0.15) is 23.2 Å². The van der Waals surface area contributed by atoms with Gasteiger partial charge in [-0.25, -0.2) is 4.79 Å². The predicted octanol–water partition coefficient (Wildman–Crippen LogP) is 1.26. The molecule has 0 bridgehead atoms. The Morgan fingerprint density at radius 2 is 1.52 bits per heavy atom. The van der Waals surface area contributed by atoms with Crippen molar-refractivity contribution in [2.75, 3.05) is 26.2 Å². The normalized spacial score (nSPS) is 23.6. The standard InChI is InChI=1S/C17H19ClN2O5/c18-12-3-1-11(2-4-12)15(21)19-7-9-20(10-8-19)16(22)13-5-6-14(25-13)17(23)24/h1-4,13-14H,5-10H2,(H,23,24)/t13-,14+/m0/s1. The third kappa shape index (κ3) is 3.93. The first-order chi connectivity index (χ1) is 12.0. The van der Waals surface area contributed by atoms with Crippen LogP contribution in [0.15, 0.2) is 24.3 Å². The van der Waals surface area contributed by atoms with Crippen LogP contribution < -0.4 is 0 Å². The Kier molecular flexibility index (Phi) is 5.24. The summed E-state index contributed by atoms with van der Waals surface area (Å²) in [5.41, 5.74) is 0.563. The largest absolute Gasteiger partial charge is 0.479 e. The molecule has 2 atom stereocenters. The molecule has 0 aromatic heterocycles. The molecule has 2 amide bonds. The summed E-state index contributed by atoms with van der Waals surface area (Å²) in [5.74, 6) is -1.32. The summed E-state index contributed by atoms with van der Waals surface area (Å²) in [5, 5.41) is 9.51. The molecule has 1 N–H and O–H groups in total. The molecule has 2 aliphatic rings. The van der Waals surface area contributed by atoms with Crippen molar-refractivity contribution in [3.05, 3.63) is 34.9 Å². The highest BCUT2D eigenvalue weighted by atomic mass is 35.5. The molecule has 1 aromatic carbocycles. The van der Waals surface area contributed by atoms with Crippen molar-refractivity contribution in [3.63, 3.8) is 0 Å². The Labute approximate surface area is 150 Å². The van der Waals surface area contributed by atoms with E-state index in [4.69, 9.17) is 21.4 Å². The minimum absolute atomic E-state index is 0.0909. The summed E-state index contributed by atoms with van der Waals surface area (Å²) >= 11 is 5.83. The molecule has 0 unspecified atom stereocenters. The van der Waals surface area contributed by atoms with E-state index in [-0.39, 0.29) is 11.8 Å². The number of carboxylic acid groups (broad SMARTS) is 1. The molecule has 25 heavy (non-hydrogen) atoms. The summed E-state index contributed by atoms with van der Waals surface area (Å²) < 4.78 is 5.31. The van der Waals surface area contributed by atoms with E-state index in [0.717, 1.165) is 0 Å². The summed E-state index contributed by atoms with van der Waals surface area (Å²) in [6, 6.07) is 6.71. The van der Waals surface area contributed by atoms with Crippen molar-refractivity contribution in [2.45, 2.75) is 25.0 Å². The van der Waals surface area contributed by atoms with Crippen LogP contribution in [0, 0.1) is 0 Å². The van der Waals surface area contributed by atoms with Gasteiger partial charge in [-0.05, 0) is 37.1 Å². The Hall–Kier alpha value is -2.12. The first-order valence-electron chi connectivity index (χ1n) is 8.17. The van der Waals surface area contributed by atoms with Gasteiger partial charge in [0.15, 0.2) is 6.10 Å². The van der Waals surface area contributed by atoms with Crippen molar-refractivity contribution in [1.82, 2.24) is 9.80 Å². The van der Waals surface area contributed by atoms with Gasteiger partial charge in [0.05, 0.1) is 0 Å². The van der Waals surface area contributed by atoms with Gasteiger partial charge in [-0.15, -0.1) is 0 Å². The van der Waals surface area contributed by atoms with Gasteiger partial charge in [0, 0.05) is 36.8 Å². The number of carbonyl (C=O) groups is 3. The van der Waals surface area contributed by atoms with Gasteiger partial charge in [-0.1, -0.05) is 11.6 Å². The number of halogens is 1. The highest BCUT2D eigenvalue weighted by Gasteiger charge is 2.37. The Bertz CT molecular complexity index is 670. The average molecular weight is 367 g/mol. The van der Waals surface area contributed by atoms with E-state index in [1.54, 1.807) is 34.1 Å². The third-order valence-electron chi connectivity index (χ3n) is 4.54. The number of hydrogen-bond acceptors (Lipinski definition) is 4. The number of amides is 2. The molecule has 2 saturated heterocycles. The van der Waals surface area contributed by atoms with Crippen LogP contribution in [-0.2, 0) is 14.3 Å². The molecule has 3 rings (SSSR count). The summed E-state index contributed by atoms with van der Waals surface area (Å²) in [4.78, 5) is 39.1. The van der Waals surface area contributed by atoms with Crippen molar-refractivity contribution in [1.29, 1.82) is 0 Å². The summed E-state index contributed by atoms with van der Waals surface area (Å²) in [7, 11) is 0. The van der Waals surface area contributed by atoms with Crippen LogP contribution in [0.4, 0.5) is 0 Å². The van der Waals surface area contributed by atoms with Gasteiger partial charge in [0.2, 0.25) is 0 Å². The maximum atomic E-state index is 12.5. The van der Waals surface area contributed by atoms with Crippen molar-refractivity contribution >= 4 is 29.4 Å². The second-order valence-electron chi connectivity index (χ2n) is 6.15. The SMILES string of the molecule is O=C(O)[C@H]1CC[C@@H](C(=O)N2CCN(C(=O)c3ccc(Cl)cc3)CC2)O1. The number of rotatable bonds is 3. The van der Waals surface area contributed by atoms with Crippen LogP contribution in [0.25, 0.3) is 0 Å². The van der Waals surface area contributed by atoms with E-state index in [0.29, 0.717) is 49.6 Å². The van der Waals surface area contributed by atoms with Gasteiger partial charge in [0.25, 0.3) is 11.8 Å². The molecule has 0 saturated carbocycles. The number of piperazine rings is 1. The van der Waals surface area contributed by atoms with Crippen LogP contribution in [0.5, 0.6) is 0 Å². The van der Waals surface area contributed by atoms with Gasteiger partial charge in [-0.2, -0.15) is 0 Å². The van der Waals surface area contributed by atoms with Crippen LogP contribution in [0.3, 0.4) is 0 Å². The lowest BCUT2D eigenvalue weighted by Crippen LogP contribution is -2.53. The molecule has 2 fully saturated rings.